The lowest BCUT2D eigenvalue weighted by Crippen LogP contribution is -2.35. The Morgan fingerprint density at radius 1 is 1.30 bits per heavy atom. The fourth-order valence-electron chi connectivity index (χ4n) is 2.54. The molecular weight excluding hydrogens is 319 g/mol. The first-order valence-corrected chi connectivity index (χ1v) is 8.89. The molecule has 0 N–H and O–H groups in total. The molecule has 1 aromatic carbocycles. The highest BCUT2D eigenvalue weighted by atomic mass is 32.2. The van der Waals surface area contributed by atoms with E-state index in [-0.39, 0.29) is 11.6 Å². The molecule has 0 fully saturated rings. The summed E-state index contributed by atoms with van der Waals surface area (Å²) in [5.41, 5.74) is 3.14. The molecule has 3 rings (SSSR count). The molecule has 0 bridgehead atoms. The average molecular weight is 336 g/mol. The lowest BCUT2D eigenvalue weighted by molar-refractivity contribution is 0.410. The number of nitrogens with zero attached hydrogens (tertiary/aromatic N) is 2. The minimum atomic E-state index is -3.43. The minimum absolute atomic E-state index is 0.158. The van der Waals surface area contributed by atoms with Crippen molar-refractivity contribution in [3.63, 3.8) is 0 Å². The van der Waals surface area contributed by atoms with Gasteiger partial charge in [-0.2, -0.15) is 4.31 Å². The van der Waals surface area contributed by atoms with Crippen molar-refractivity contribution in [1.29, 1.82) is 0 Å². The van der Waals surface area contributed by atoms with Crippen LogP contribution in [-0.4, -0.2) is 31.0 Å². The monoisotopic (exact) mass is 336 g/mol. The molecule has 1 aromatic heterocycles. The normalized spacial score (nSPS) is 16.3. The van der Waals surface area contributed by atoms with Crippen molar-refractivity contribution >= 4 is 15.6 Å². The first-order valence-electron chi connectivity index (χ1n) is 7.28. The largest absolute Gasteiger partial charge is 0.364 e. The van der Waals surface area contributed by atoms with E-state index >= 15 is 0 Å². The summed E-state index contributed by atoms with van der Waals surface area (Å²) in [7, 11) is -3.43. The SMILES string of the molecule is Cc1conc1CS(=O)(=O)N1CC=C(c2ccc(F)cc2)CC1. The Kier molecular flexibility index (Phi) is 4.32. The van der Waals surface area contributed by atoms with Crippen LogP contribution in [0.4, 0.5) is 4.39 Å². The van der Waals surface area contributed by atoms with Gasteiger partial charge in [-0.05, 0) is 36.6 Å². The molecule has 0 radical (unpaired) electrons. The maximum absolute atomic E-state index is 13.0. The number of halogens is 1. The van der Waals surface area contributed by atoms with Gasteiger partial charge in [0.05, 0.1) is 0 Å². The maximum Gasteiger partial charge on any atom is 0.220 e. The summed E-state index contributed by atoms with van der Waals surface area (Å²) in [6.45, 7) is 2.48. The van der Waals surface area contributed by atoms with Gasteiger partial charge in [0.25, 0.3) is 0 Å². The summed E-state index contributed by atoms with van der Waals surface area (Å²) >= 11 is 0. The fraction of sp³-hybridized carbons (Fsp3) is 0.312. The summed E-state index contributed by atoms with van der Waals surface area (Å²) in [4.78, 5) is 0. The zero-order valence-electron chi connectivity index (χ0n) is 12.7. The first-order chi connectivity index (χ1) is 11.0. The first kappa shape index (κ1) is 15.9. The summed E-state index contributed by atoms with van der Waals surface area (Å²) in [6, 6.07) is 6.24. The van der Waals surface area contributed by atoms with E-state index in [4.69, 9.17) is 4.52 Å². The van der Waals surface area contributed by atoms with Crippen LogP contribution in [0.3, 0.4) is 0 Å². The van der Waals surface area contributed by atoms with Gasteiger partial charge >= 0.3 is 0 Å². The third-order valence-electron chi connectivity index (χ3n) is 3.95. The number of hydrogen-bond donors (Lipinski definition) is 0. The third kappa shape index (κ3) is 3.51. The number of sulfonamides is 1. The highest BCUT2D eigenvalue weighted by molar-refractivity contribution is 7.88. The molecule has 1 aliphatic heterocycles. The van der Waals surface area contributed by atoms with Crippen molar-refractivity contribution in [2.75, 3.05) is 13.1 Å². The van der Waals surface area contributed by atoms with Crippen molar-refractivity contribution in [3.8, 4) is 0 Å². The predicted molar refractivity (Wildman–Crippen MR) is 84.4 cm³/mol. The van der Waals surface area contributed by atoms with Crippen LogP contribution in [0.1, 0.15) is 23.2 Å². The molecule has 1 aliphatic rings. The smallest absolute Gasteiger partial charge is 0.220 e. The molecule has 122 valence electrons. The Hall–Kier alpha value is -1.99. The maximum atomic E-state index is 13.0. The van der Waals surface area contributed by atoms with E-state index in [9.17, 15) is 12.8 Å². The molecule has 23 heavy (non-hydrogen) atoms. The number of rotatable bonds is 4. The summed E-state index contributed by atoms with van der Waals surface area (Å²) in [5, 5.41) is 3.73. The molecule has 0 saturated heterocycles. The number of aromatic nitrogens is 1. The second kappa shape index (κ2) is 6.25. The van der Waals surface area contributed by atoms with Gasteiger partial charge < -0.3 is 4.52 Å². The molecule has 2 aromatic rings. The van der Waals surface area contributed by atoms with Gasteiger partial charge in [-0.3, -0.25) is 0 Å². The standard InChI is InChI=1S/C16H17FN2O3S/c1-12-10-22-18-16(12)11-23(20,21)19-8-6-14(7-9-19)13-2-4-15(17)5-3-13/h2-6,10H,7-9,11H2,1H3. The van der Waals surface area contributed by atoms with E-state index in [1.54, 1.807) is 19.1 Å². The third-order valence-corrected chi connectivity index (χ3v) is 5.70. The zero-order valence-corrected chi connectivity index (χ0v) is 13.5. The van der Waals surface area contributed by atoms with Crippen LogP contribution in [0.5, 0.6) is 0 Å². The van der Waals surface area contributed by atoms with Crippen LogP contribution in [0.15, 0.2) is 41.1 Å². The fourth-order valence-corrected chi connectivity index (χ4v) is 4.02. The van der Waals surface area contributed by atoms with Gasteiger partial charge in [0, 0.05) is 18.7 Å². The number of aryl methyl sites for hydroxylation is 1. The van der Waals surface area contributed by atoms with Gasteiger partial charge in [0.2, 0.25) is 10.0 Å². The topological polar surface area (TPSA) is 63.4 Å². The van der Waals surface area contributed by atoms with Crippen LogP contribution < -0.4 is 0 Å². The molecule has 0 unspecified atom stereocenters. The highest BCUT2D eigenvalue weighted by Gasteiger charge is 2.26. The molecule has 5 nitrogen and oxygen atoms in total. The van der Waals surface area contributed by atoms with Crippen molar-refractivity contribution < 1.29 is 17.3 Å². The summed E-state index contributed by atoms with van der Waals surface area (Å²) in [6.07, 6.45) is 3.92. The quantitative estimate of drug-likeness (QED) is 0.861. The minimum Gasteiger partial charge on any atom is -0.364 e. The van der Waals surface area contributed by atoms with Gasteiger partial charge in [0.1, 0.15) is 23.5 Å². The van der Waals surface area contributed by atoms with Crippen molar-refractivity contribution in [1.82, 2.24) is 9.46 Å². The van der Waals surface area contributed by atoms with Crippen LogP contribution in [0, 0.1) is 12.7 Å². The van der Waals surface area contributed by atoms with Gasteiger partial charge in [-0.15, -0.1) is 0 Å². The van der Waals surface area contributed by atoms with E-state index in [1.165, 1.54) is 22.7 Å². The Labute approximate surface area is 134 Å². The van der Waals surface area contributed by atoms with Crippen molar-refractivity contribution in [2.45, 2.75) is 19.1 Å². The lowest BCUT2D eigenvalue weighted by Gasteiger charge is -2.25. The van der Waals surface area contributed by atoms with E-state index in [1.807, 2.05) is 6.08 Å². The molecule has 0 atom stereocenters. The Morgan fingerprint density at radius 3 is 2.61 bits per heavy atom. The second-order valence-electron chi connectivity index (χ2n) is 5.54. The Morgan fingerprint density at radius 2 is 2.04 bits per heavy atom. The molecule has 7 heteroatoms. The molecule has 0 saturated carbocycles. The van der Waals surface area contributed by atoms with Crippen LogP contribution in [0.25, 0.3) is 5.57 Å². The Balaban J connectivity index is 1.72. The molecule has 0 amide bonds. The summed E-state index contributed by atoms with van der Waals surface area (Å²) in [5.74, 6) is -0.438. The van der Waals surface area contributed by atoms with E-state index in [0.29, 0.717) is 25.2 Å². The van der Waals surface area contributed by atoms with E-state index in [2.05, 4.69) is 5.16 Å². The van der Waals surface area contributed by atoms with Crippen molar-refractivity contribution in [2.24, 2.45) is 0 Å². The molecule has 0 spiro atoms. The number of hydrogen-bond acceptors (Lipinski definition) is 4. The van der Waals surface area contributed by atoms with Crippen LogP contribution >= 0.6 is 0 Å². The van der Waals surface area contributed by atoms with Crippen LogP contribution in [-0.2, 0) is 15.8 Å². The van der Waals surface area contributed by atoms with Gasteiger partial charge in [-0.1, -0.05) is 23.4 Å². The van der Waals surface area contributed by atoms with Crippen LogP contribution in [0.2, 0.25) is 0 Å². The number of benzene rings is 1. The molecular formula is C16H17FN2O3S. The highest BCUT2D eigenvalue weighted by Crippen LogP contribution is 2.25. The molecule has 2 heterocycles. The summed E-state index contributed by atoms with van der Waals surface area (Å²) < 4.78 is 44.1. The predicted octanol–water partition coefficient (Wildman–Crippen LogP) is 2.74. The Bertz CT molecular complexity index is 825. The second-order valence-corrected chi connectivity index (χ2v) is 7.51. The lowest BCUT2D eigenvalue weighted by atomic mass is 10.0. The van der Waals surface area contributed by atoms with E-state index < -0.39 is 10.0 Å². The average Bonchev–Trinajstić information content (AvgIpc) is 2.93. The zero-order chi connectivity index (χ0) is 16.4. The molecule has 0 aliphatic carbocycles. The van der Waals surface area contributed by atoms with Gasteiger partial charge in [0.15, 0.2) is 0 Å². The van der Waals surface area contributed by atoms with E-state index in [0.717, 1.165) is 16.7 Å². The van der Waals surface area contributed by atoms with Crippen molar-refractivity contribution in [3.05, 3.63) is 59.2 Å². The van der Waals surface area contributed by atoms with Gasteiger partial charge in [-0.25, -0.2) is 12.8 Å².